The van der Waals surface area contributed by atoms with Crippen molar-refractivity contribution < 1.29 is 17.9 Å². The molecule has 1 saturated heterocycles. The average molecular weight is 474 g/mol. The molecule has 3 aromatic rings. The Morgan fingerprint density at radius 2 is 1.94 bits per heavy atom. The second-order valence-corrected chi connectivity index (χ2v) is 10.6. The minimum absolute atomic E-state index is 0.00477. The summed E-state index contributed by atoms with van der Waals surface area (Å²) < 4.78 is 31.0. The molecule has 1 unspecified atom stereocenters. The van der Waals surface area contributed by atoms with Gasteiger partial charge in [0.1, 0.15) is 11.4 Å². The molecule has 32 heavy (non-hydrogen) atoms. The van der Waals surface area contributed by atoms with Crippen LogP contribution in [0.25, 0.3) is 5.69 Å². The maximum Gasteiger partial charge on any atom is 0.233 e. The van der Waals surface area contributed by atoms with Crippen LogP contribution in [0.2, 0.25) is 0 Å². The van der Waals surface area contributed by atoms with Gasteiger partial charge in [0, 0.05) is 12.6 Å². The molecule has 0 aliphatic carbocycles. The highest BCUT2D eigenvalue weighted by Gasteiger charge is 2.34. The van der Waals surface area contributed by atoms with Gasteiger partial charge in [0.25, 0.3) is 0 Å². The molecule has 1 aromatic heterocycles. The van der Waals surface area contributed by atoms with Crippen LogP contribution < -0.4 is 4.74 Å². The Bertz CT molecular complexity index is 1180. The van der Waals surface area contributed by atoms with Crippen molar-refractivity contribution in [2.24, 2.45) is 0 Å². The highest BCUT2D eigenvalue weighted by atomic mass is 32.2. The second-order valence-electron chi connectivity index (χ2n) is 7.40. The third kappa shape index (κ3) is 5.10. The summed E-state index contributed by atoms with van der Waals surface area (Å²) in [5.74, 6) is 0.633. The number of sulfone groups is 1. The standard InChI is InChI=1S/C21H23N5O4S2/c1-30-19-10-6-5-9-18(19)26-21(22-23-24-26)31-14-20(27)25(13-16-7-3-2-4-8-16)17-11-12-32(28,29)15-17/h2-10,17H,11-15H2,1H3. The van der Waals surface area contributed by atoms with E-state index in [1.54, 1.807) is 18.1 Å². The zero-order valence-corrected chi connectivity index (χ0v) is 19.1. The van der Waals surface area contributed by atoms with Crippen LogP contribution in [0.15, 0.2) is 59.8 Å². The molecule has 2 heterocycles. The van der Waals surface area contributed by atoms with E-state index in [9.17, 15) is 13.2 Å². The van der Waals surface area contributed by atoms with Gasteiger partial charge in [-0.05, 0) is 34.5 Å². The lowest BCUT2D eigenvalue weighted by Gasteiger charge is -2.28. The molecule has 0 spiro atoms. The van der Waals surface area contributed by atoms with Gasteiger partial charge in [0.05, 0.1) is 24.4 Å². The number of nitrogens with zero attached hydrogens (tertiary/aromatic N) is 5. The largest absolute Gasteiger partial charge is 0.494 e. The van der Waals surface area contributed by atoms with Crippen LogP contribution in [0.3, 0.4) is 0 Å². The SMILES string of the molecule is COc1ccccc1-n1nnnc1SCC(=O)N(Cc1ccccc1)C1CCS(=O)(=O)C1. The fourth-order valence-corrected chi connectivity index (χ4v) is 6.16. The van der Waals surface area contributed by atoms with Gasteiger partial charge in [0.2, 0.25) is 11.1 Å². The van der Waals surface area contributed by atoms with Crippen molar-refractivity contribution in [3.63, 3.8) is 0 Å². The topological polar surface area (TPSA) is 107 Å². The van der Waals surface area contributed by atoms with Gasteiger partial charge in [0.15, 0.2) is 9.84 Å². The number of amides is 1. The first kappa shape index (κ1) is 22.3. The summed E-state index contributed by atoms with van der Waals surface area (Å²) in [5, 5.41) is 12.3. The van der Waals surface area contributed by atoms with Crippen LogP contribution >= 0.6 is 11.8 Å². The molecule has 0 saturated carbocycles. The predicted octanol–water partition coefficient (Wildman–Crippen LogP) is 1.98. The molecule has 1 aliphatic rings. The number of benzene rings is 2. The lowest BCUT2D eigenvalue weighted by molar-refractivity contribution is -0.130. The maximum absolute atomic E-state index is 13.2. The molecule has 11 heteroatoms. The highest BCUT2D eigenvalue weighted by molar-refractivity contribution is 7.99. The molecule has 0 radical (unpaired) electrons. The summed E-state index contributed by atoms with van der Waals surface area (Å²) in [6.07, 6.45) is 0.449. The highest BCUT2D eigenvalue weighted by Crippen LogP contribution is 2.27. The molecular formula is C21H23N5O4S2. The lowest BCUT2D eigenvalue weighted by Crippen LogP contribution is -2.41. The molecule has 0 N–H and O–H groups in total. The van der Waals surface area contributed by atoms with Crippen LogP contribution in [-0.4, -0.2) is 69.8 Å². The number of carbonyl (C=O) groups is 1. The van der Waals surface area contributed by atoms with Crippen molar-refractivity contribution in [2.75, 3.05) is 24.4 Å². The molecule has 4 rings (SSSR count). The van der Waals surface area contributed by atoms with Crippen LogP contribution in [0.1, 0.15) is 12.0 Å². The molecule has 1 fully saturated rings. The summed E-state index contributed by atoms with van der Waals surface area (Å²) in [4.78, 5) is 14.9. The molecule has 1 atom stereocenters. The molecule has 2 aromatic carbocycles. The first-order chi connectivity index (χ1) is 15.5. The smallest absolute Gasteiger partial charge is 0.233 e. The summed E-state index contributed by atoms with van der Waals surface area (Å²) in [6.45, 7) is 0.359. The van der Waals surface area contributed by atoms with Gasteiger partial charge in [-0.25, -0.2) is 8.42 Å². The van der Waals surface area contributed by atoms with E-state index in [1.807, 2.05) is 48.5 Å². The number of hydrogen-bond acceptors (Lipinski definition) is 8. The normalized spacial score (nSPS) is 17.2. The van der Waals surface area contributed by atoms with E-state index in [4.69, 9.17) is 4.74 Å². The number of methoxy groups -OCH3 is 1. The van der Waals surface area contributed by atoms with Crippen molar-refractivity contribution in [3.8, 4) is 11.4 Å². The number of aromatic nitrogens is 4. The zero-order valence-electron chi connectivity index (χ0n) is 17.5. The Kier molecular flexibility index (Phi) is 6.75. The van der Waals surface area contributed by atoms with E-state index in [-0.39, 0.29) is 29.2 Å². The third-order valence-electron chi connectivity index (χ3n) is 5.24. The van der Waals surface area contributed by atoms with Gasteiger partial charge < -0.3 is 9.64 Å². The van der Waals surface area contributed by atoms with Gasteiger partial charge in [-0.1, -0.05) is 54.2 Å². The fraction of sp³-hybridized carbons (Fsp3) is 0.333. The third-order valence-corrected chi connectivity index (χ3v) is 7.90. The number of hydrogen-bond donors (Lipinski definition) is 0. The molecule has 168 valence electrons. The van der Waals surface area contributed by atoms with Crippen LogP contribution in [0, 0.1) is 0 Å². The number of ether oxygens (including phenoxy) is 1. The maximum atomic E-state index is 13.2. The zero-order chi connectivity index (χ0) is 22.6. The van der Waals surface area contributed by atoms with Crippen molar-refractivity contribution in [1.82, 2.24) is 25.1 Å². The van der Waals surface area contributed by atoms with Crippen LogP contribution in [-0.2, 0) is 21.2 Å². The van der Waals surface area contributed by atoms with Gasteiger partial charge in [-0.3, -0.25) is 4.79 Å². The summed E-state index contributed by atoms with van der Waals surface area (Å²) >= 11 is 1.20. The van der Waals surface area contributed by atoms with Crippen LogP contribution in [0.4, 0.5) is 0 Å². The summed E-state index contributed by atoms with van der Waals surface area (Å²) in [7, 11) is -1.56. The Morgan fingerprint density at radius 1 is 1.19 bits per heavy atom. The first-order valence-electron chi connectivity index (χ1n) is 10.1. The van der Waals surface area contributed by atoms with E-state index in [0.29, 0.717) is 29.6 Å². The van der Waals surface area contributed by atoms with Crippen LogP contribution in [0.5, 0.6) is 5.75 Å². The number of rotatable bonds is 8. The Balaban J connectivity index is 1.51. The number of tetrazole rings is 1. The molecule has 1 amide bonds. The van der Waals surface area contributed by atoms with E-state index >= 15 is 0 Å². The average Bonchev–Trinajstić information content (AvgIpc) is 3.42. The van der Waals surface area contributed by atoms with E-state index < -0.39 is 9.84 Å². The predicted molar refractivity (Wildman–Crippen MR) is 120 cm³/mol. The van der Waals surface area contributed by atoms with Gasteiger partial charge in [-0.15, -0.1) is 5.10 Å². The minimum Gasteiger partial charge on any atom is -0.494 e. The van der Waals surface area contributed by atoms with E-state index in [2.05, 4.69) is 15.5 Å². The monoisotopic (exact) mass is 473 g/mol. The van der Waals surface area contributed by atoms with Crippen molar-refractivity contribution >= 4 is 27.5 Å². The Hall–Kier alpha value is -2.92. The molecule has 1 aliphatic heterocycles. The summed E-state index contributed by atoms with van der Waals surface area (Å²) in [6, 6.07) is 16.6. The van der Waals surface area contributed by atoms with Crippen molar-refractivity contribution in [2.45, 2.75) is 24.2 Å². The number of para-hydroxylation sites is 2. The summed E-state index contributed by atoms with van der Waals surface area (Å²) in [5.41, 5.74) is 1.62. The number of thioether (sulfide) groups is 1. The fourth-order valence-electron chi connectivity index (χ4n) is 3.66. The van der Waals surface area contributed by atoms with E-state index in [0.717, 1.165) is 5.56 Å². The second kappa shape index (κ2) is 9.70. The number of carbonyl (C=O) groups excluding carboxylic acids is 1. The lowest BCUT2D eigenvalue weighted by atomic mass is 10.1. The minimum atomic E-state index is -3.13. The molecule has 9 nitrogen and oxygen atoms in total. The Labute approximate surface area is 190 Å². The van der Waals surface area contributed by atoms with Crippen molar-refractivity contribution in [1.29, 1.82) is 0 Å². The molecule has 0 bridgehead atoms. The van der Waals surface area contributed by atoms with Crippen molar-refractivity contribution in [3.05, 3.63) is 60.2 Å². The quantitative estimate of drug-likeness (QED) is 0.457. The van der Waals surface area contributed by atoms with E-state index in [1.165, 1.54) is 16.4 Å². The molecular weight excluding hydrogens is 450 g/mol. The van der Waals surface area contributed by atoms with Gasteiger partial charge >= 0.3 is 0 Å². The van der Waals surface area contributed by atoms with Gasteiger partial charge in [-0.2, -0.15) is 4.68 Å². The Morgan fingerprint density at radius 3 is 2.66 bits per heavy atom. The first-order valence-corrected chi connectivity index (χ1v) is 12.9.